The zero-order chi connectivity index (χ0) is 14.2. The SMILES string of the molecule is Cc1ccc(C(=O)c2cnsc2C(C)(C)C)c(C)c1. The van der Waals surface area contributed by atoms with E-state index in [4.69, 9.17) is 0 Å². The van der Waals surface area contributed by atoms with Crippen molar-refractivity contribution in [3.8, 4) is 0 Å². The van der Waals surface area contributed by atoms with Crippen molar-refractivity contribution >= 4 is 17.3 Å². The van der Waals surface area contributed by atoms with E-state index in [0.717, 1.165) is 21.6 Å². The Morgan fingerprint density at radius 2 is 1.84 bits per heavy atom. The molecule has 1 aromatic heterocycles. The van der Waals surface area contributed by atoms with E-state index in [1.54, 1.807) is 6.20 Å². The minimum atomic E-state index is -0.0508. The number of benzene rings is 1. The van der Waals surface area contributed by atoms with Crippen LogP contribution in [0.1, 0.15) is 52.7 Å². The van der Waals surface area contributed by atoms with Crippen molar-refractivity contribution in [2.75, 3.05) is 0 Å². The maximum atomic E-state index is 12.7. The number of aromatic nitrogens is 1. The third kappa shape index (κ3) is 2.76. The van der Waals surface area contributed by atoms with Gasteiger partial charge in [0.15, 0.2) is 5.78 Å². The molecule has 1 heterocycles. The van der Waals surface area contributed by atoms with Crippen molar-refractivity contribution in [3.05, 3.63) is 51.5 Å². The third-order valence-electron chi connectivity index (χ3n) is 3.12. The van der Waals surface area contributed by atoms with Crippen LogP contribution in [0.4, 0.5) is 0 Å². The highest BCUT2D eigenvalue weighted by Crippen LogP contribution is 2.31. The number of carbonyl (C=O) groups is 1. The van der Waals surface area contributed by atoms with E-state index >= 15 is 0 Å². The Kier molecular flexibility index (Phi) is 3.59. The summed E-state index contributed by atoms with van der Waals surface area (Å²) in [7, 11) is 0. The van der Waals surface area contributed by atoms with Crippen LogP contribution >= 0.6 is 11.5 Å². The Balaban J connectivity index is 2.48. The fourth-order valence-corrected chi connectivity index (χ4v) is 2.94. The fraction of sp³-hybridized carbons (Fsp3) is 0.375. The molecule has 1 aromatic carbocycles. The van der Waals surface area contributed by atoms with Crippen molar-refractivity contribution < 1.29 is 4.79 Å². The number of hydrogen-bond acceptors (Lipinski definition) is 3. The molecule has 0 bridgehead atoms. The van der Waals surface area contributed by atoms with E-state index in [1.165, 1.54) is 17.1 Å². The number of aryl methyl sites for hydroxylation is 2. The maximum Gasteiger partial charge on any atom is 0.196 e. The molecule has 0 fully saturated rings. The Bertz CT molecular complexity index is 620. The first-order valence-electron chi connectivity index (χ1n) is 6.38. The average Bonchev–Trinajstić information content (AvgIpc) is 2.76. The molecule has 0 spiro atoms. The van der Waals surface area contributed by atoms with E-state index in [2.05, 4.69) is 25.1 Å². The zero-order valence-corrected chi connectivity index (χ0v) is 12.9. The van der Waals surface area contributed by atoms with E-state index in [9.17, 15) is 4.79 Å². The molecule has 3 heteroatoms. The van der Waals surface area contributed by atoms with Crippen LogP contribution < -0.4 is 0 Å². The van der Waals surface area contributed by atoms with Gasteiger partial charge in [-0.1, -0.05) is 44.5 Å². The van der Waals surface area contributed by atoms with Gasteiger partial charge in [-0.2, -0.15) is 0 Å². The Morgan fingerprint density at radius 1 is 1.16 bits per heavy atom. The summed E-state index contributed by atoms with van der Waals surface area (Å²) in [6, 6.07) is 5.94. The molecule has 0 radical (unpaired) electrons. The minimum Gasteiger partial charge on any atom is -0.288 e. The summed E-state index contributed by atoms with van der Waals surface area (Å²) < 4.78 is 4.20. The van der Waals surface area contributed by atoms with Crippen LogP contribution in [0.5, 0.6) is 0 Å². The maximum absolute atomic E-state index is 12.7. The van der Waals surface area contributed by atoms with Gasteiger partial charge in [-0.05, 0) is 36.4 Å². The Hall–Kier alpha value is -1.48. The lowest BCUT2D eigenvalue weighted by molar-refractivity contribution is 0.103. The molecule has 2 aromatic rings. The van der Waals surface area contributed by atoms with Crippen LogP contribution in [0.3, 0.4) is 0 Å². The molecule has 0 N–H and O–H groups in total. The third-order valence-corrected chi connectivity index (χ3v) is 4.35. The first-order chi connectivity index (χ1) is 8.80. The first kappa shape index (κ1) is 13.9. The van der Waals surface area contributed by atoms with Gasteiger partial charge in [-0.25, -0.2) is 4.37 Å². The highest BCUT2D eigenvalue weighted by molar-refractivity contribution is 7.06. The molecule has 0 atom stereocenters. The molecule has 0 unspecified atom stereocenters. The van der Waals surface area contributed by atoms with Crippen LogP contribution in [0.2, 0.25) is 0 Å². The molecule has 0 aliphatic rings. The van der Waals surface area contributed by atoms with Crippen molar-refractivity contribution in [1.82, 2.24) is 4.37 Å². The van der Waals surface area contributed by atoms with Gasteiger partial charge in [0.25, 0.3) is 0 Å². The number of hydrogen-bond donors (Lipinski definition) is 0. The smallest absolute Gasteiger partial charge is 0.196 e. The largest absolute Gasteiger partial charge is 0.288 e. The Labute approximate surface area is 118 Å². The second kappa shape index (κ2) is 4.89. The number of rotatable bonds is 2. The van der Waals surface area contributed by atoms with Crippen molar-refractivity contribution in [2.24, 2.45) is 0 Å². The van der Waals surface area contributed by atoms with Gasteiger partial charge in [0.05, 0.1) is 11.8 Å². The van der Waals surface area contributed by atoms with Crippen molar-refractivity contribution in [3.63, 3.8) is 0 Å². The van der Waals surface area contributed by atoms with Gasteiger partial charge in [0, 0.05) is 10.4 Å². The quantitative estimate of drug-likeness (QED) is 0.764. The molecule has 0 saturated carbocycles. The summed E-state index contributed by atoms with van der Waals surface area (Å²) in [6.45, 7) is 10.3. The van der Waals surface area contributed by atoms with Gasteiger partial charge in [0.2, 0.25) is 0 Å². The van der Waals surface area contributed by atoms with Gasteiger partial charge in [0.1, 0.15) is 0 Å². The molecule has 19 heavy (non-hydrogen) atoms. The van der Waals surface area contributed by atoms with Gasteiger partial charge >= 0.3 is 0 Å². The van der Waals surface area contributed by atoms with E-state index in [0.29, 0.717) is 0 Å². The number of carbonyl (C=O) groups excluding carboxylic acids is 1. The number of ketones is 1. The van der Waals surface area contributed by atoms with Gasteiger partial charge in [-0.3, -0.25) is 4.79 Å². The monoisotopic (exact) mass is 273 g/mol. The second-order valence-corrected chi connectivity index (χ2v) is 6.77. The second-order valence-electron chi connectivity index (χ2n) is 5.97. The molecule has 2 rings (SSSR count). The molecule has 0 saturated heterocycles. The highest BCUT2D eigenvalue weighted by Gasteiger charge is 2.25. The summed E-state index contributed by atoms with van der Waals surface area (Å²) in [5.74, 6) is 0.0798. The minimum absolute atomic E-state index is 0.0508. The summed E-state index contributed by atoms with van der Waals surface area (Å²) >= 11 is 1.42. The predicted octanol–water partition coefficient (Wildman–Crippen LogP) is 4.29. The van der Waals surface area contributed by atoms with E-state index in [-0.39, 0.29) is 11.2 Å². The lowest BCUT2D eigenvalue weighted by atomic mass is 9.88. The summed E-state index contributed by atoms with van der Waals surface area (Å²) in [6.07, 6.45) is 1.70. The van der Waals surface area contributed by atoms with Crippen LogP contribution in [0.25, 0.3) is 0 Å². The summed E-state index contributed by atoms with van der Waals surface area (Å²) in [5.41, 5.74) is 3.66. The van der Waals surface area contributed by atoms with Crippen LogP contribution in [-0.4, -0.2) is 10.2 Å². The van der Waals surface area contributed by atoms with Gasteiger partial charge < -0.3 is 0 Å². The highest BCUT2D eigenvalue weighted by atomic mass is 32.1. The lowest BCUT2D eigenvalue weighted by Crippen LogP contribution is -2.15. The van der Waals surface area contributed by atoms with Crippen LogP contribution in [-0.2, 0) is 5.41 Å². The number of nitrogens with zero attached hydrogens (tertiary/aromatic N) is 1. The van der Waals surface area contributed by atoms with Crippen LogP contribution in [0.15, 0.2) is 24.4 Å². The standard InChI is InChI=1S/C16H19NOS/c1-10-6-7-12(11(2)8-10)14(18)13-9-17-19-15(13)16(3,4)5/h6-9H,1-5H3. The summed E-state index contributed by atoms with van der Waals surface area (Å²) in [5, 5.41) is 0. The predicted molar refractivity (Wildman–Crippen MR) is 80.2 cm³/mol. The Morgan fingerprint density at radius 3 is 2.42 bits per heavy atom. The fourth-order valence-electron chi connectivity index (χ4n) is 2.16. The molecule has 0 aliphatic carbocycles. The average molecular weight is 273 g/mol. The molecular weight excluding hydrogens is 254 g/mol. The first-order valence-corrected chi connectivity index (χ1v) is 7.15. The normalized spacial score (nSPS) is 11.6. The van der Waals surface area contributed by atoms with Crippen molar-refractivity contribution in [2.45, 2.75) is 40.0 Å². The van der Waals surface area contributed by atoms with Gasteiger partial charge in [-0.15, -0.1) is 0 Å². The molecule has 100 valence electrons. The van der Waals surface area contributed by atoms with Crippen LogP contribution in [0, 0.1) is 13.8 Å². The van der Waals surface area contributed by atoms with E-state index < -0.39 is 0 Å². The molecular formula is C16H19NOS. The zero-order valence-electron chi connectivity index (χ0n) is 12.1. The molecule has 2 nitrogen and oxygen atoms in total. The molecule has 0 aliphatic heterocycles. The lowest BCUT2D eigenvalue weighted by Gasteiger charge is -2.17. The topological polar surface area (TPSA) is 30.0 Å². The summed E-state index contributed by atoms with van der Waals surface area (Å²) in [4.78, 5) is 13.7. The van der Waals surface area contributed by atoms with Crippen molar-refractivity contribution in [1.29, 1.82) is 0 Å². The molecule has 0 amide bonds. The van der Waals surface area contributed by atoms with E-state index in [1.807, 2.05) is 32.0 Å².